The van der Waals surface area contributed by atoms with E-state index in [4.69, 9.17) is 10.3 Å². The minimum Gasteiger partial charge on any atom is -0.361 e. The van der Waals surface area contributed by atoms with E-state index in [0.29, 0.717) is 18.2 Å². The lowest BCUT2D eigenvalue weighted by Gasteiger charge is -2.11. The Morgan fingerprint density at radius 1 is 1.55 bits per heavy atom. The molecule has 0 spiro atoms. The van der Waals surface area contributed by atoms with Gasteiger partial charge in [0.15, 0.2) is 0 Å². The Labute approximate surface area is 129 Å². The molecule has 5 nitrogen and oxygen atoms in total. The average Bonchev–Trinajstić information content (AvgIpc) is 3.18. The van der Waals surface area contributed by atoms with Crippen LogP contribution < -0.4 is 11.1 Å². The highest BCUT2D eigenvalue weighted by atomic mass is 35.5. The van der Waals surface area contributed by atoms with Crippen molar-refractivity contribution in [3.63, 3.8) is 0 Å². The van der Waals surface area contributed by atoms with E-state index < -0.39 is 0 Å². The highest BCUT2D eigenvalue weighted by Crippen LogP contribution is 2.31. The maximum atomic E-state index is 11.7. The van der Waals surface area contributed by atoms with Gasteiger partial charge in [-0.25, -0.2) is 0 Å². The molecule has 1 atom stereocenters. The quantitative estimate of drug-likeness (QED) is 0.801. The summed E-state index contributed by atoms with van der Waals surface area (Å²) in [4.78, 5) is 11.7. The van der Waals surface area contributed by atoms with Crippen LogP contribution in [-0.2, 0) is 10.5 Å². The first-order valence-corrected chi connectivity index (χ1v) is 7.75. The molecule has 0 aliphatic heterocycles. The zero-order valence-electron chi connectivity index (χ0n) is 11.8. The summed E-state index contributed by atoms with van der Waals surface area (Å²) in [6, 6.07) is 0.122. The molecule has 1 unspecified atom stereocenters. The summed E-state index contributed by atoms with van der Waals surface area (Å²) < 4.78 is 5.08. The van der Waals surface area contributed by atoms with Crippen molar-refractivity contribution in [2.75, 3.05) is 12.3 Å². The van der Waals surface area contributed by atoms with Crippen LogP contribution in [0.3, 0.4) is 0 Å². The van der Waals surface area contributed by atoms with Gasteiger partial charge in [0.05, 0.1) is 11.4 Å². The van der Waals surface area contributed by atoms with Gasteiger partial charge in [0, 0.05) is 23.9 Å². The monoisotopic (exact) mass is 319 g/mol. The van der Waals surface area contributed by atoms with Gasteiger partial charge in [-0.15, -0.1) is 24.2 Å². The van der Waals surface area contributed by atoms with Crippen LogP contribution in [0.2, 0.25) is 0 Å². The lowest BCUT2D eigenvalue weighted by Crippen LogP contribution is -2.39. The SMILES string of the molecule is Cc1noc(C)c1CSCC(=O)NCC(N)C1CC1.Cl. The van der Waals surface area contributed by atoms with Crippen molar-refractivity contribution in [2.45, 2.75) is 38.5 Å². The van der Waals surface area contributed by atoms with E-state index in [9.17, 15) is 4.79 Å². The van der Waals surface area contributed by atoms with E-state index in [1.807, 2.05) is 13.8 Å². The second-order valence-electron chi connectivity index (χ2n) is 5.10. The number of aryl methyl sites for hydroxylation is 2. The topological polar surface area (TPSA) is 81.2 Å². The second kappa shape index (κ2) is 7.90. The van der Waals surface area contributed by atoms with Crippen molar-refractivity contribution in [1.82, 2.24) is 10.5 Å². The van der Waals surface area contributed by atoms with Crippen LogP contribution >= 0.6 is 24.2 Å². The predicted octanol–water partition coefficient (Wildman–Crippen LogP) is 1.80. The summed E-state index contributed by atoms with van der Waals surface area (Å²) >= 11 is 1.57. The largest absolute Gasteiger partial charge is 0.361 e. The van der Waals surface area contributed by atoms with Crippen LogP contribution in [0.4, 0.5) is 0 Å². The van der Waals surface area contributed by atoms with Crippen LogP contribution in [0.1, 0.15) is 29.9 Å². The maximum absolute atomic E-state index is 11.7. The number of aromatic nitrogens is 1. The number of halogens is 1. The molecule has 0 aromatic carbocycles. The Balaban J connectivity index is 0.00000200. The first-order chi connectivity index (χ1) is 9.08. The molecular formula is C13H22ClN3O2S. The van der Waals surface area contributed by atoms with E-state index >= 15 is 0 Å². The predicted molar refractivity (Wildman–Crippen MR) is 83.1 cm³/mol. The molecule has 1 saturated carbocycles. The fraction of sp³-hybridized carbons (Fsp3) is 0.692. The normalized spacial score (nSPS) is 15.6. The lowest BCUT2D eigenvalue weighted by atomic mass is 10.2. The van der Waals surface area contributed by atoms with Crippen molar-refractivity contribution in [2.24, 2.45) is 11.7 Å². The van der Waals surface area contributed by atoms with Crippen LogP contribution in [0.5, 0.6) is 0 Å². The number of nitrogens with zero attached hydrogens (tertiary/aromatic N) is 1. The molecule has 7 heteroatoms. The van der Waals surface area contributed by atoms with Crippen LogP contribution in [0, 0.1) is 19.8 Å². The van der Waals surface area contributed by atoms with Crippen LogP contribution in [0.15, 0.2) is 4.52 Å². The van der Waals surface area contributed by atoms with E-state index in [0.717, 1.165) is 22.8 Å². The van der Waals surface area contributed by atoms with Gasteiger partial charge in [-0.3, -0.25) is 4.79 Å². The van der Waals surface area contributed by atoms with Crippen LogP contribution in [-0.4, -0.2) is 29.4 Å². The Bertz CT molecular complexity index is 429. The van der Waals surface area contributed by atoms with Gasteiger partial charge >= 0.3 is 0 Å². The first-order valence-electron chi connectivity index (χ1n) is 6.59. The van der Waals surface area contributed by atoms with Crippen LogP contribution in [0.25, 0.3) is 0 Å². The third-order valence-corrected chi connectivity index (χ3v) is 4.38. The van der Waals surface area contributed by atoms with Gasteiger partial charge in [0.25, 0.3) is 0 Å². The number of thioether (sulfide) groups is 1. The number of nitrogens with two attached hydrogens (primary N) is 1. The van der Waals surface area contributed by atoms with Gasteiger partial charge in [-0.2, -0.15) is 0 Å². The fourth-order valence-corrected chi connectivity index (χ4v) is 2.93. The molecule has 1 aromatic rings. The smallest absolute Gasteiger partial charge is 0.230 e. The summed E-state index contributed by atoms with van der Waals surface area (Å²) in [6.07, 6.45) is 2.41. The van der Waals surface area contributed by atoms with E-state index in [1.165, 1.54) is 12.8 Å². The molecule has 114 valence electrons. The molecule has 0 bridgehead atoms. The number of carbonyl (C=O) groups excluding carboxylic acids is 1. The Kier molecular flexibility index (Phi) is 6.85. The van der Waals surface area contributed by atoms with Crippen molar-refractivity contribution in [3.05, 3.63) is 17.0 Å². The fourth-order valence-electron chi connectivity index (χ4n) is 1.93. The third kappa shape index (κ3) is 5.00. The molecule has 20 heavy (non-hydrogen) atoms. The second-order valence-corrected chi connectivity index (χ2v) is 6.09. The minimum atomic E-state index is 0. The average molecular weight is 320 g/mol. The van der Waals surface area contributed by atoms with Crippen molar-refractivity contribution in [1.29, 1.82) is 0 Å². The molecule has 2 rings (SSSR count). The standard InChI is InChI=1S/C13H21N3O2S.ClH/c1-8-11(9(2)18-16-8)6-19-7-13(17)15-5-12(14)10-3-4-10;/h10,12H,3-7,14H2,1-2H3,(H,15,17);1H. The Hall–Kier alpha value is -0.720. The third-order valence-electron chi connectivity index (χ3n) is 3.42. The van der Waals surface area contributed by atoms with E-state index in [2.05, 4.69) is 10.5 Å². The molecule has 1 heterocycles. The van der Waals surface area contributed by atoms with Crippen molar-refractivity contribution < 1.29 is 9.32 Å². The maximum Gasteiger partial charge on any atom is 0.230 e. The molecular weight excluding hydrogens is 298 g/mol. The van der Waals surface area contributed by atoms with Gasteiger partial charge in [0.1, 0.15) is 5.76 Å². The zero-order valence-corrected chi connectivity index (χ0v) is 13.5. The number of amides is 1. The number of hydrogen-bond acceptors (Lipinski definition) is 5. The summed E-state index contributed by atoms with van der Waals surface area (Å²) in [7, 11) is 0. The highest BCUT2D eigenvalue weighted by Gasteiger charge is 2.28. The summed E-state index contributed by atoms with van der Waals surface area (Å²) in [5.74, 6) is 2.70. The minimum absolute atomic E-state index is 0. The Morgan fingerprint density at radius 3 is 2.80 bits per heavy atom. The first kappa shape index (κ1) is 17.3. The number of hydrogen-bond donors (Lipinski definition) is 2. The number of nitrogens with one attached hydrogen (secondary N) is 1. The Morgan fingerprint density at radius 2 is 2.25 bits per heavy atom. The summed E-state index contributed by atoms with van der Waals surface area (Å²) in [6.45, 7) is 4.40. The van der Waals surface area contributed by atoms with E-state index in [1.54, 1.807) is 11.8 Å². The zero-order chi connectivity index (χ0) is 13.8. The van der Waals surface area contributed by atoms with Gasteiger partial charge in [0.2, 0.25) is 5.91 Å². The molecule has 0 radical (unpaired) electrons. The van der Waals surface area contributed by atoms with Gasteiger partial charge in [-0.1, -0.05) is 5.16 Å². The lowest BCUT2D eigenvalue weighted by molar-refractivity contribution is -0.118. The van der Waals surface area contributed by atoms with Crippen molar-refractivity contribution >= 4 is 30.1 Å². The van der Waals surface area contributed by atoms with Gasteiger partial charge < -0.3 is 15.6 Å². The summed E-state index contributed by atoms with van der Waals surface area (Å²) in [5, 5.41) is 6.78. The molecule has 1 aromatic heterocycles. The molecule has 1 aliphatic carbocycles. The number of carbonyl (C=O) groups is 1. The van der Waals surface area contributed by atoms with Gasteiger partial charge in [-0.05, 0) is 32.6 Å². The molecule has 0 saturated heterocycles. The summed E-state index contributed by atoms with van der Waals surface area (Å²) in [5.41, 5.74) is 7.92. The molecule has 1 fully saturated rings. The van der Waals surface area contributed by atoms with E-state index in [-0.39, 0.29) is 24.4 Å². The number of rotatable bonds is 7. The molecule has 3 N–H and O–H groups in total. The molecule has 1 aliphatic rings. The molecule has 1 amide bonds. The highest BCUT2D eigenvalue weighted by molar-refractivity contribution is 7.99. The van der Waals surface area contributed by atoms with Crippen molar-refractivity contribution in [3.8, 4) is 0 Å².